The monoisotopic (exact) mass is 320 g/mol. The van der Waals surface area contributed by atoms with Crippen molar-refractivity contribution in [2.45, 2.75) is 18.9 Å². The van der Waals surface area contributed by atoms with E-state index in [4.69, 9.17) is 23.2 Å². The molecule has 0 aliphatic carbocycles. The highest BCUT2D eigenvalue weighted by Gasteiger charge is 2.20. The van der Waals surface area contributed by atoms with Gasteiger partial charge in [-0.25, -0.2) is 9.97 Å². The van der Waals surface area contributed by atoms with Crippen molar-refractivity contribution in [1.82, 2.24) is 15.0 Å². The average molecular weight is 321 g/mol. The number of halogens is 2. The number of aromatic nitrogens is 3. The second kappa shape index (κ2) is 4.99. The Labute approximate surface area is 120 Å². The molecule has 2 rings (SSSR count). The van der Waals surface area contributed by atoms with Crippen LogP contribution in [0.15, 0.2) is 17.3 Å². The maximum Gasteiger partial charge on any atom is 0.279 e. The summed E-state index contributed by atoms with van der Waals surface area (Å²) in [6.07, 6.45) is 1.23. The summed E-state index contributed by atoms with van der Waals surface area (Å²) in [6.45, 7) is 3.33. The van der Waals surface area contributed by atoms with Gasteiger partial charge < -0.3 is 4.98 Å². The van der Waals surface area contributed by atoms with Crippen molar-refractivity contribution in [3.8, 4) is 0 Å². The molecular formula is C10H10Cl2N4O2S. The molecule has 19 heavy (non-hydrogen) atoms. The predicted octanol–water partition coefficient (Wildman–Crippen LogP) is 2.53. The van der Waals surface area contributed by atoms with Crippen molar-refractivity contribution < 1.29 is 8.42 Å². The fourth-order valence-electron chi connectivity index (χ4n) is 1.44. The Hall–Kier alpha value is -1.31. The van der Waals surface area contributed by atoms with Gasteiger partial charge in [0.05, 0.1) is 11.9 Å². The van der Waals surface area contributed by atoms with E-state index in [1.807, 2.05) is 0 Å². The lowest BCUT2D eigenvalue weighted by Gasteiger charge is -2.10. The van der Waals surface area contributed by atoms with Crippen LogP contribution in [-0.4, -0.2) is 23.4 Å². The molecule has 0 bridgehead atoms. The van der Waals surface area contributed by atoms with Crippen LogP contribution in [0.3, 0.4) is 0 Å². The molecule has 0 saturated carbocycles. The molecule has 2 aromatic rings. The van der Waals surface area contributed by atoms with E-state index in [1.54, 1.807) is 13.8 Å². The van der Waals surface area contributed by atoms with Crippen molar-refractivity contribution in [3.05, 3.63) is 34.0 Å². The fraction of sp³-hybridized carbons (Fsp3) is 0.200. The third-order valence-corrected chi connectivity index (χ3v) is 4.07. The van der Waals surface area contributed by atoms with E-state index < -0.39 is 10.0 Å². The summed E-state index contributed by atoms with van der Waals surface area (Å²) in [4.78, 5) is 10.3. The molecule has 0 aromatic carbocycles. The number of nitrogens with one attached hydrogen (secondary N) is 2. The van der Waals surface area contributed by atoms with Gasteiger partial charge in [0.15, 0.2) is 10.2 Å². The third kappa shape index (κ3) is 2.99. The van der Waals surface area contributed by atoms with Gasteiger partial charge in [-0.05, 0) is 25.5 Å². The summed E-state index contributed by atoms with van der Waals surface area (Å²) in [5.74, 6) is 0.498. The number of imidazole rings is 1. The van der Waals surface area contributed by atoms with E-state index in [9.17, 15) is 8.42 Å². The molecule has 102 valence electrons. The van der Waals surface area contributed by atoms with Crippen LogP contribution in [0.1, 0.15) is 11.4 Å². The first kappa shape index (κ1) is 14.1. The minimum atomic E-state index is -3.79. The van der Waals surface area contributed by atoms with Crippen LogP contribution in [0.25, 0.3) is 0 Å². The molecule has 0 atom stereocenters. The second-order valence-corrected chi connectivity index (χ2v) is 6.26. The number of H-pyrrole nitrogens is 1. The Morgan fingerprint density at radius 3 is 2.53 bits per heavy atom. The minimum absolute atomic E-state index is 0.00943. The summed E-state index contributed by atoms with van der Waals surface area (Å²) in [5.41, 5.74) is 0.767. The van der Waals surface area contributed by atoms with Crippen molar-refractivity contribution in [2.24, 2.45) is 0 Å². The molecule has 0 aliphatic rings. The van der Waals surface area contributed by atoms with Gasteiger partial charge >= 0.3 is 0 Å². The predicted molar refractivity (Wildman–Crippen MR) is 73.1 cm³/mol. The van der Waals surface area contributed by atoms with Gasteiger partial charge in [-0.3, -0.25) is 4.72 Å². The zero-order chi connectivity index (χ0) is 14.2. The molecule has 0 radical (unpaired) electrons. The largest absolute Gasteiger partial charge is 0.332 e. The van der Waals surface area contributed by atoms with Crippen molar-refractivity contribution in [3.63, 3.8) is 0 Å². The lowest BCUT2D eigenvalue weighted by molar-refractivity contribution is 0.598. The Morgan fingerprint density at radius 1 is 1.32 bits per heavy atom. The number of hydrogen-bond acceptors (Lipinski definition) is 4. The highest BCUT2D eigenvalue weighted by atomic mass is 35.5. The van der Waals surface area contributed by atoms with Crippen LogP contribution < -0.4 is 4.72 Å². The Bertz CT molecular complexity index is 704. The molecule has 0 unspecified atom stereocenters. The van der Waals surface area contributed by atoms with Gasteiger partial charge in [0.25, 0.3) is 10.0 Å². The average Bonchev–Trinajstić information content (AvgIpc) is 2.71. The quantitative estimate of drug-likeness (QED) is 0.850. The number of aryl methyl sites for hydroxylation is 2. The zero-order valence-corrected chi connectivity index (χ0v) is 12.4. The van der Waals surface area contributed by atoms with E-state index in [-0.39, 0.29) is 21.0 Å². The summed E-state index contributed by atoms with van der Waals surface area (Å²) in [7, 11) is -3.79. The SMILES string of the molecule is Cc1ncc(S(=O)(=O)Nc2c(C)cc(Cl)nc2Cl)[nH]1. The summed E-state index contributed by atoms with van der Waals surface area (Å²) < 4.78 is 26.6. The third-order valence-electron chi connectivity index (χ3n) is 2.35. The van der Waals surface area contributed by atoms with E-state index in [0.717, 1.165) is 0 Å². The molecule has 0 saturated heterocycles. The molecular weight excluding hydrogens is 311 g/mol. The summed E-state index contributed by atoms with van der Waals surface area (Å²) >= 11 is 11.6. The standard InChI is InChI=1S/C10H10Cl2N4O2S/c1-5-3-7(11)15-10(12)9(5)16-19(17,18)8-4-13-6(2)14-8/h3-4,16H,1-2H3,(H,13,14). The molecule has 2 aromatic heterocycles. The van der Waals surface area contributed by atoms with Gasteiger partial charge in [0, 0.05) is 0 Å². The van der Waals surface area contributed by atoms with Crippen LogP contribution in [-0.2, 0) is 10.0 Å². The Morgan fingerprint density at radius 2 is 2.00 bits per heavy atom. The fourth-order valence-corrected chi connectivity index (χ4v) is 3.19. The molecule has 0 fully saturated rings. The van der Waals surface area contributed by atoms with Gasteiger partial charge in [0.1, 0.15) is 11.0 Å². The first-order valence-electron chi connectivity index (χ1n) is 5.16. The van der Waals surface area contributed by atoms with E-state index in [1.165, 1.54) is 12.3 Å². The molecule has 0 aliphatic heterocycles. The van der Waals surface area contributed by atoms with Gasteiger partial charge in [0.2, 0.25) is 0 Å². The highest BCUT2D eigenvalue weighted by Crippen LogP contribution is 2.28. The smallest absolute Gasteiger partial charge is 0.279 e. The van der Waals surface area contributed by atoms with E-state index in [2.05, 4.69) is 19.7 Å². The second-order valence-electron chi connectivity index (χ2n) is 3.87. The normalized spacial score (nSPS) is 11.6. The summed E-state index contributed by atoms with van der Waals surface area (Å²) in [5, 5.41) is 0.142. The zero-order valence-electron chi connectivity index (χ0n) is 10.0. The van der Waals surface area contributed by atoms with Crippen LogP contribution >= 0.6 is 23.2 Å². The van der Waals surface area contributed by atoms with Crippen LogP contribution in [0, 0.1) is 13.8 Å². The first-order valence-corrected chi connectivity index (χ1v) is 7.40. The van der Waals surface area contributed by atoms with Crippen molar-refractivity contribution >= 4 is 38.9 Å². The van der Waals surface area contributed by atoms with Crippen LogP contribution in [0.2, 0.25) is 10.3 Å². The Balaban J connectivity index is 2.41. The highest BCUT2D eigenvalue weighted by molar-refractivity contribution is 7.92. The van der Waals surface area contributed by atoms with E-state index >= 15 is 0 Å². The lowest BCUT2D eigenvalue weighted by Crippen LogP contribution is -2.15. The molecule has 0 spiro atoms. The van der Waals surface area contributed by atoms with Gasteiger partial charge in [-0.15, -0.1) is 0 Å². The van der Waals surface area contributed by atoms with Crippen molar-refractivity contribution in [2.75, 3.05) is 4.72 Å². The molecule has 2 heterocycles. The van der Waals surface area contributed by atoms with Gasteiger partial charge in [-0.1, -0.05) is 23.2 Å². The van der Waals surface area contributed by atoms with Crippen LogP contribution in [0.4, 0.5) is 5.69 Å². The number of nitrogens with zero attached hydrogens (tertiary/aromatic N) is 2. The number of sulfonamides is 1. The topological polar surface area (TPSA) is 87.7 Å². The number of hydrogen-bond donors (Lipinski definition) is 2. The van der Waals surface area contributed by atoms with E-state index in [0.29, 0.717) is 11.4 Å². The molecule has 2 N–H and O–H groups in total. The van der Waals surface area contributed by atoms with Crippen LogP contribution in [0.5, 0.6) is 0 Å². The summed E-state index contributed by atoms with van der Waals surface area (Å²) in [6, 6.07) is 1.52. The maximum absolute atomic E-state index is 12.1. The molecule has 9 heteroatoms. The Kier molecular flexibility index (Phi) is 3.71. The molecule has 0 amide bonds. The minimum Gasteiger partial charge on any atom is -0.332 e. The number of pyridine rings is 1. The lowest BCUT2D eigenvalue weighted by atomic mass is 10.3. The van der Waals surface area contributed by atoms with Crippen molar-refractivity contribution in [1.29, 1.82) is 0 Å². The maximum atomic E-state index is 12.1. The molecule has 6 nitrogen and oxygen atoms in total. The number of aromatic amines is 1. The van der Waals surface area contributed by atoms with Gasteiger partial charge in [-0.2, -0.15) is 8.42 Å². The first-order chi connectivity index (χ1) is 8.79. The number of anilines is 1. The number of rotatable bonds is 3.